The summed E-state index contributed by atoms with van der Waals surface area (Å²) in [5, 5.41) is 6.33. The summed E-state index contributed by atoms with van der Waals surface area (Å²) in [6, 6.07) is 0. The van der Waals surface area contributed by atoms with Crippen LogP contribution in [0.5, 0.6) is 0 Å². The molecule has 0 radical (unpaired) electrons. The molecule has 0 unspecified atom stereocenters. The summed E-state index contributed by atoms with van der Waals surface area (Å²) in [5.74, 6) is 0.831. The number of aliphatic imine (C=N–C) groups is 1. The second kappa shape index (κ2) is 11.3. The number of ether oxygens (including phenoxy) is 1. The molecule has 1 aliphatic heterocycles. The number of piperidine rings is 1. The number of carbonyl (C=O) groups excluding carboxylic acids is 1. The summed E-state index contributed by atoms with van der Waals surface area (Å²) in [7, 11) is 1.73. The van der Waals surface area contributed by atoms with E-state index in [1.54, 1.807) is 7.05 Å². The summed E-state index contributed by atoms with van der Waals surface area (Å²) in [5.41, 5.74) is 0. The zero-order valence-electron chi connectivity index (χ0n) is 15.2. The van der Waals surface area contributed by atoms with Gasteiger partial charge < -0.3 is 20.3 Å². The maximum atomic E-state index is 12.1. The molecule has 1 amide bonds. The van der Waals surface area contributed by atoms with Crippen molar-refractivity contribution in [1.82, 2.24) is 15.5 Å². The molecular weight excluding hydrogens is 304 g/mol. The van der Waals surface area contributed by atoms with Crippen LogP contribution in [-0.2, 0) is 9.53 Å². The number of hydrogen-bond donors (Lipinski definition) is 2. The predicted molar refractivity (Wildman–Crippen MR) is 97.2 cm³/mol. The van der Waals surface area contributed by atoms with Crippen molar-refractivity contribution >= 4 is 11.9 Å². The molecule has 2 fully saturated rings. The largest absolute Gasteiger partial charge is 0.376 e. The summed E-state index contributed by atoms with van der Waals surface area (Å²) < 4.78 is 5.96. The molecule has 2 N–H and O–H groups in total. The van der Waals surface area contributed by atoms with E-state index in [0.29, 0.717) is 31.8 Å². The normalized spacial score (nSPS) is 20.5. The standard InChI is InChI=1S/C18H34N4O2/c1-19-18(21-15-17(23)22-12-7-4-8-13-22)20-11-14-24-16-9-5-2-3-6-10-16/h16H,2-15H2,1H3,(H2,19,20,21). The summed E-state index contributed by atoms with van der Waals surface area (Å²) in [6.07, 6.45) is 11.6. The molecule has 1 aliphatic carbocycles. The minimum Gasteiger partial charge on any atom is -0.376 e. The number of nitrogens with one attached hydrogen (secondary N) is 2. The number of nitrogens with zero attached hydrogens (tertiary/aromatic N) is 2. The van der Waals surface area contributed by atoms with Gasteiger partial charge in [0, 0.05) is 26.7 Å². The number of guanidine groups is 1. The van der Waals surface area contributed by atoms with Gasteiger partial charge in [0.25, 0.3) is 0 Å². The van der Waals surface area contributed by atoms with Gasteiger partial charge in [-0.25, -0.2) is 0 Å². The highest BCUT2D eigenvalue weighted by molar-refractivity contribution is 5.86. The van der Waals surface area contributed by atoms with Crippen molar-refractivity contribution in [3.63, 3.8) is 0 Å². The SMILES string of the molecule is CN=C(NCCOC1CCCCCC1)NCC(=O)N1CCCCC1. The Bertz CT molecular complexity index is 386. The van der Waals surface area contributed by atoms with Crippen LogP contribution in [0.1, 0.15) is 57.8 Å². The molecule has 0 aromatic rings. The third-order valence-corrected chi connectivity index (χ3v) is 4.89. The smallest absolute Gasteiger partial charge is 0.241 e. The lowest BCUT2D eigenvalue weighted by Crippen LogP contribution is -2.46. The summed E-state index contributed by atoms with van der Waals surface area (Å²) in [4.78, 5) is 18.3. The maximum absolute atomic E-state index is 12.1. The van der Waals surface area contributed by atoms with E-state index < -0.39 is 0 Å². The molecule has 6 nitrogen and oxygen atoms in total. The number of hydrogen-bond acceptors (Lipinski definition) is 3. The van der Waals surface area contributed by atoms with E-state index >= 15 is 0 Å². The van der Waals surface area contributed by atoms with Crippen LogP contribution in [0.2, 0.25) is 0 Å². The van der Waals surface area contributed by atoms with Crippen LogP contribution in [-0.4, -0.2) is 62.7 Å². The highest BCUT2D eigenvalue weighted by Crippen LogP contribution is 2.19. The van der Waals surface area contributed by atoms with Gasteiger partial charge in [-0.3, -0.25) is 9.79 Å². The van der Waals surface area contributed by atoms with Crippen molar-refractivity contribution in [3.05, 3.63) is 0 Å². The van der Waals surface area contributed by atoms with E-state index in [4.69, 9.17) is 4.74 Å². The third kappa shape index (κ3) is 7.07. The van der Waals surface area contributed by atoms with E-state index in [0.717, 1.165) is 25.9 Å². The zero-order chi connectivity index (χ0) is 17.0. The lowest BCUT2D eigenvalue weighted by Gasteiger charge is -2.27. The van der Waals surface area contributed by atoms with Gasteiger partial charge in [0.05, 0.1) is 19.3 Å². The molecule has 0 spiro atoms. The van der Waals surface area contributed by atoms with Gasteiger partial charge >= 0.3 is 0 Å². The highest BCUT2D eigenvalue weighted by atomic mass is 16.5. The number of rotatable bonds is 6. The molecule has 0 aromatic carbocycles. The fourth-order valence-electron chi connectivity index (χ4n) is 3.44. The van der Waals surface area contributed by atoms with Gasteiger partial charge in [0.15, 0.2) is 5.96 Å². The summed E-state index contributed by atoms with van der Waals surface area (Å²) in [6.45, 7) is 3.49. The highest BCUT2D eigenvalue weighted by Gasteiger charge is 2.16. The van der Waals surface area contributed by atoms with Crippen LogP contribution in [0.25, 0.3) is 0 Å². The molecule has 0 atom stereocenters. The quantitative estimate of drug-likeness (QED) is 0.336. The molecular formula is C18H34N4O2. The van der Waals surface area contributed by atoms with Gasteiger partial charge in [0.1, 0.15) is 0 Å². The molecule has 0 bridgehead atoms. The second-order valence-electron chi connectivity index (χ2n) is 6.78. The Hall–Kier alpha value is -1.30. The van der Waals surface area contributed by atoms with Gasteiger partial charge in [-0.1, -0.05) is 25.7 Å². The topological polar surface area (TPSA) is 66.0 Å². The molecule has 24 heavy (non-hydrogen) atoms. The Labute approximate surface area is 146 Å². The van der Waals surface area contributed by atoms with Gasteiger partial charge in [-0.2, -0.15) is 0 Å². The van der Waals surface area contributed by atoms with E-state index in [1.165, 1.54) is 44.9 Å². The van der Waals surface area contributed by atoms with Gasteiger partial charge in [-0.05, 0) is 32.1 Å². The molecule has 2 aliphatic rings. The van der Waals surface area contributed by atoms with Crippen LogP contribution >= 0.6 is 0 Å². The van der Waals surface area contributed by atoms with Crippen molar-refractivity contribution in [2.24, 2.45) is 4.99 Å². The molecule has 6 heteroatoms. The minimum absolute atomic E-state index is 0.160. The Morgan fingerprint density at radius 2 is 1.71 bits per heavy atom. The average Bonchev–Trinajstić information content (AvgIpc) is 2.90. The monoisotopic (exact) mass is 338 g/mol. The van der Waals surface area contributed by atoms with Crippen LogP contribution in [0.3, 0.4) is 0 Å². The lowest BCUT2D eigenvalue weighted by atomic mass is 10.1. The third-order valence-electron chi connectivity index (χ3n) is 4.89. The molecule has 1 saturated heterocycles. The number of amides is 1. The molecule has 138 valence electrons. The number of likely N-dealkylation sites (tertiary alicyclic amines) is 1. The lowest BCUT2D eigenvalue weighted by molar-refractivity contribution is -0.130. The van der Waals surface area contributed by atoms with Crippen LogP contribution in [0, 0.1) is 0 Å². The maximum Gasteiger partial charge on any atom is 0.241 e. The Kier molecular flexibility index (Phi) is 8.95. The first-order chi connectivity index (χ1) is 11.8. The van der Waals surface area contributed by atoms with Crippen molar-refractivity contribution in [3.8, 4) is 0 Å². The van der Waals surface area contributed by atoms with Crippen molar-refractivity contribution in [1.29, 1.82) is 0 Å². The van der Waals surface area contributed by atoms with Crippen LogP contribution in [0.4, 0.5) is 0 Å². The van der Waals surface area contributed by atoms with Crippen LogP contribution in [0.15, 0.2) is 4.99 Å². The predicted octanol–water partition coefficient (Wildman–Crippen LogP) is 1.90. The van der Waals surface area contributed by atoms with Gasteiger partial charge in [0.2, 0.25) is 5.91 Å². The Morgan fingerprint density at radius 3 is 2.38 bits per heavy atom. The van der Waals surface area contributed by atoms with E-state index in [9.17, 15) is 4.79 Å². The van der Waals surface area contributed by atoms with Crippen molar-refractivity contribution in [2.45, 2.75) is 63.9 Å². The van der Waals surface area contributed by atoms with Gasteiger partial charge in [-0.15, -0.1) is 0 Å². The van der Waals surface area contributed by atoms with Crippen molar-refractivity contribution < 1.29 is 9.53 Å². The molecule has 2 rings (SSSR count). The van der Waals surface area contributed by atoms with E-state index in [2.05, 4.69) is 15.6 Å². The fraction of sp³-hybridized carbons (Fsp3) is 0.889. The van der Waals surface area contributed by atoms with Crippen molar-refractivity contribution in [2.75, 3.05) is 39.8 Å². The van der Waals surface area contributed by atoms with E-state index in [-0.39, 0.29) is 5.91 Å². The Balaban J connectivity index is 1.57. The first kappa shape index (κ1) is 19.0. The van der Waals surface area contributed by atoms with Crippen LogP contribution < -0.4 is 10.6 Å². The summed E-state index contributed by atoms with van der Waals surface area (Å²) >= 11 is 0. The molecule has 0 aromatic heterocycles. The number of carbonyl (C=O) groups is 1. The fourth-order valence-corrected chi connectivity index (χ4v) is 3.44. The first-order valence-corrected chi connectivity index (χ1v) is 9.63. The second-order valence-corrected chi connectivity index (χ2v) is 6.78. The zero-order valence-corrected chi connectivity index (χ0v) is 15.2. The minimum atomic E-state index is 0.160. The molecule has 1 heterocycles. The average molecular weight is 338 g/mol. The Morgan fingerprint density at radius 1 is 1.04 bits per heavy atom. The van der Waals surface area contributed by atoms with E-state index in [1.807, 2.05) is 4.90 Å². The first-order valence-electron chi connectivity index (χ1n) is 9.63. The molecule has 1 saturated carbocycles.